The van der Waals surface area contributed by atoms with Crippen molar-refractivity contribution >= 4 is 46.2 Å². The molecule has 1 N–H and O–H groups in total. The maximum atomic E-state index is 12.9. The van der Waals surface area contributed by atoms with Crippen LogP contribution in [0.2, 0.25) is 0 Å². The zero-order valence-corrected chi connectivity index (χ0v) is 22.5. The molecule has 2 aromatic carbocycles. The summed E-state index contributed by atoms with van der Waals surface area (Å²) in [5.41, 5.74) is 3.29. The predicted molar refractivity (Wildman–Crippen MR) is 146 cm³/mol. The summed E-state index contributed by atoms with van der Waals surface area (Å²) in [6, 6.07) is 13.9. The van der Waals surface area contributed by atoms with Crippen LogP contribution in [0.1, 0.15) is 43.9 Å². The minimum Gasteiger partial charge on any atom is -0.493 e. The first-order chi connectivity index (χ1) is 16.6. The van der Waals surface area contributed by atoms with Gasteiger partial charge in [0.1, 0.15) is 4.32 Å². The third-order valence-electron chi connectivity index (χ3n) is 5.69. The van der Waals surface area contributed by atoms with Gasteiger partial charge in [0.05, 0.1) is 19.1 Å². The Labute approximate surface area is 217 Å². The van der Waals surface area contributed by atoms with Gasteiger partial charge < -0.3 is 14.8 Å². The van der Waals surface area contributed by atoms with Gasteiger partial charge in [0.15, 0.2) is 11.5 Å². The van der Waals surface area contributed by atoms with E-state index < -0.39 is 0 Å². The Morgan fingerprint density at radius 3 is 2.40 bits per heavy atom. The van der Waals surface area contributed by atoms with E-state index in [4.69, 9.17) is 21.7 Å². The Balaban J connectivity index is 1.50. The third kappa shape index (κ3) is 7.08. The number of ether oxygens (including phenoxy) is 2. The SMILES string of the molecule is COc1ccc(CCNC(=O)CCN2C(=O)C(=Cc3ccc(C(C)(C)C)cc3)SC2=S)cc1OC. The topological polar surface area (TPSA) is 67.9 Å². The smallest absolute Gasteiger partial charge is 0.266 e. The van der Waals surface area contributed by atoms with Gasteiger partial charge in [-0.1, -0.05) is 75.1 Å². The first-order valence-corrected chi connectivity index (χ1v) is 12.7. The van der Waals surface area contributed by atoms with Crippen LogP contribution in [0.25, 0.3) is 6.08 Å². The largest absolute Gasteiger partial charge is 0.493 e. The number of rotatable bonds is 9. The molecular weight excluding hydrogens is 480 g/mol. The first kappa shape index (κ1) is 26.8. The Bertz CT molecular complexity index is 1120. The molecule has 1 heterocycles. The lowest BCUT2D eigenvalue weighted by molar-refractivity contribution is -0.123. The molecule has 0 unspecified atom stereocenters. The van der Waals surface area contributed by atoms with Gasteiger partial charge in [-0.25, -0.2) is 0 Å². The van der Waals surface area contributed by atoms with Crippen molar-refractivity contribution in [2.24, 2.45) is 0 Å². The number of thiocarbonyl (C=S) groups is 1. The number of nitrogens with zero attached hydrogens (tertiary/aromatic N) is 1. The summed E-state index contributed by atoms with van der Waals surface area (Å²) < 4.78 is 11.0. The van der Waals surface area contributed by atoms with Crippen molar-refractivity contribution in [1.82, 2.24) is 10.2 Å². The monoisotopic (exact) mass is 512 g/mol. The van der Waals surface area contributed by atoms with Crippen LogP contribution in [0, 0.1) is 0 Å². The van der Waals surface area contributed by atoms with Gasteiger partial charge in [-0.05, 0) is 46.7 Å². The standard InChI is InChI=1S/C27H32N2O4S2/c1-27(2,3)20-9-6-18(7-10-20)17-23-25(31)29(26(34)35-23)15-13-24(30)28-14-12-19-8-11-21(32-4)22(16-19)33-5/h6-11,16-17H,12-15H2,1-5H3,(H,28,30). The quantitative estimate of drug-likeness (QED) is 0.379. The number of nitrogens with one attached hydrogen (secondary N) is 1. The molecule has 0 atom stereocenters. The van der Waals surface area contributed by atoms with E-state index >= 15 is 0 Å². The molecule has 35 heavy (non-hydrogen) atoms. The lowest BCUT2D eigenvalue weighted by Gasteiger charge is -2.18. The summed E-state index contributed by atoms with van der Waals surface area (Å²) in [4.78, 5) is 27.3. The van der Waals surface area contributed by atoms with Crippen molar-refractivity contribution in [1.29, 1.82) is 0 Å². The maximum absolute atomic E-state index is 12.9. The highest BCUT2D eigenvalue weighted by Crippen LogP contribution is 2.33. The average molecular weight is 513 g/mol. The molecule has 0 aromatic heterocycles. The van der Waals surface area contributed by atoms with Crippen molar-refractivity contribution < 1.29 is 19.1 Å². The molecule has 1 aliphatic rings. The Morgan fingerprint density at radius 2 is 1.77 bits per heavy atom. The van der Waals surface area contributed by atoms with E-state index in [0.29, 0.717) is 33.7 Å². The fraction of sp³-hybridized carbons (Fsp3) is 0.370. The van der Waals surface area contributed by atoms with Gasteiger partial charge in [-0.15, -0.1) is 0 Å². The molecule has 186 valence electrons. The lowest BCUT2D eigenvalue weighted by Crippen LogP contribution is -2.34. The highest BCUT2D eigenvalue weighted by Gasteiger charge is 2.32. The number of thioether (sulfide) groups is 1. The second-order valence-corrected chi connectivity index (χ2v) is 10.9. The molecule has 1 saturated heterocycles. The van der Waals surface area contributed by atoms with Crippen LogP contribution < -0.4 is 14.8 Å². The van der Waals surface area contributed by atoms with Crippen LogP contribution in [-0.2, 0) is 21.4 Å². The van der Waals surface area contributed by atoms with E-state index in [1.807, 2.05) is 36.4 Å². The number of amides is 2. The van der Waals surface area contributed by atoms with E-state index in [2.05, 4.69) is 38.2 Å². The first-order valence-electron chi connectivity index (χ1n) is 11.5. The minimum atomic E-state index is -0.155. The number of benzene rings is 2. The molecule has 8 heteroatoms. The zero-order valence-electron chi connectivity index (χ0n) is 20.8. The summed E-state index contributed by atoms with van der Waals surface area (Å²) in [5.74, 6) is 1.04. The Morgan fingerprint density at radius 1 is 1.09 bits per heavy atom. The van der Waals surface area contributed by atoms with Crippen LogP contribution in [0.5, 0.6) is 11.5 Å². The summed E-state index contributed by atoms with van der Waals surface area (Å²) in [7, 11) is 3.19. The summed E-state index contributed by atoms with van der Waals surface area (Å²) in [6.45, 7) is 7.24. The Kier molecular flexibility index (Phi) is 8.97. The van der Waals surface area contributed by atoms with E-state index in [1.165, 1.54) is 22.2 Å². The van der Waals surface area contributed by atoms with Gasteiger partial charge in [-0.3, -0.25) is 14.5 Å². The van der Waals surface area contributed by atoms with E-state index in [-0.39, 0.29) is 30.2 Å². The number of hydrogen-bond donors (Lipinski definition) is 1. The van der Waals surface area contributed by atoms with Gasteiger partial charge in [0.25, 0.3) is 5.91 Å². The number of carbonyl (C=O) groups excluding carboxylic acids is 2. The van der Waals surface area contributed by atoms with Crippen molar-refractivity contribution in [3.63, 3.8) is 0 Å². The van der Waals surface area contributed by atoms with Crippen LogP contribution in [0.3, 0.4) is 0 Å². The van der Waals surface area contributed by atoms with Crippen molar-refractivity contribution in [2.75, 3.05) is 27.3 Å². The number of methoxy groups -OCH3 is 2. The van der Waals surface area contributed by atoms with Crippen LogP contribution in [0.15, 0.2) is 47.4 Å². The zero-order chi connectivity index (χ0) is 25.6. The second-order valence-electron chi connectivity index (χ2n) is 9.24. The molecule has 3 rings (SSSR count). The molecule has 0 radical (unpaired) electrons. The van der Waals surface area contributed by atoms with Crippen molar-refractivity contribution in [3.8, 4) is 11.5 Å². The molecule has 6 nitrogen and oxygen atoms in total. The van der Waals surface area contributed by atoms with Crippen LogP contribution in [-0.4, -0.2) is 48.3 Å². The molecule has 0 spiro atoms. The Hall–Kier alpha value is -2.84. The fourth-order valence-electron chi connectivity index (χ4n) is 3.61. The van der Waals surface area contributed by atoms with Crippen LogP contribution in [0.4, 0.5) is 0 Å². The molecular formula is C27H32N2O4S2. The van der Waals surface area contributed by atoms with E-state index in [0.717, 1.165) is 11.1 Å². The fourth-order valence-corrected chi connectivity index (χ4v) is 4.92. The van der Waals surface area contributed by atoms with Crippen LogP contribution >= 0.6 is 24.0 Å². The number of carbonyl (C=O) groups is 2. The third-order valence-corrected chi connectivity index (χ3v) is 7.07. The highest BCUT2D eigenvalue weighted by molar-refractivity contribution is 8.26. The predicted octanol–water partition coefficient (Wildman–Crippen LogP) is 4.95. The van der Waals surface area contributed by atoms with Gasteiger partial charge >= 0.3 is 0 Å². The van der Waals surface area contributed by atoms with E-state index in [1.54, 1.807) is 14.2 Å². The average Bonchev–Trinajstić information content (AvgIpc) is 3.09. The second kappa shape index (κ2) is 11.7. The minimum absolute atomic E-state index is 0.0735. The summed E-state index contributed by atoms with van der Waals surface area (Å²) in [5, 5.41) is 2.91. The summed E-state index contributed by atoms with van der Waals surface area (Å²) in [6.07, 6.45) is 2.70. The maximum Gasteiger partial charge on any atom is 0.266 e. The highest BCUT2D eigenvalue weighted by atomic mass is 32.2. The molecule has 0 aliphatic carbocycles. The van der Waals surface area contributed by atoms with Gasteiger partial charge in [-0.2, -0.15) is 0 Å². The molecule has 1 fully saturated rings. The summed E-state index contributed by atoms with van der Waals surface area (Å²) >= 11 is 6.68. The van der Waals surface area contributed by atoms with Crippen molar-refractivity contribution in [3.05, 3.63) is 64.1 Å². The molecule has 0 bridgehead atoms. The van der Waals surface area contributed by atoms with Crippen molar-refractivity contribution in [2.45, 2.75) is 39.0 Å². The number of hydrogen-bond acceptors (Lipinski definition) is 6. The molecule has 2 aromatic rings. The molecule has 1 aliphatic heterocycles. The van der Waals surface area contributed by atoms with E-state index in [9.17, 15) is 9.59 Å². The van der Waals surface area contributed by atoms with Gasteiger partial charge in [0, 0.05) is 19.5 Å². The van der Waals surface area contributed by atoms with Gasteiger partial charge in [0.2, 0.25) is 5.91 Å². The molecule has 0 saturated carbocycles. The normalized spacial score (nSPS) is 15.0. The lowest BCUT2D eigenvalue weighted by atomic mass is 9.87. The molecule has 2 amide bonds.